The Hall–Kier alpha value is -1.73. The van der Waals surface area contributed by atoms with Crippen molar-refractivity contribution >= 4 is 31.4 Å². The minimum Gasteiger partial charge on any atom is -0.303 e. The summed E-state index contributed by atoms with van der Waals surface area (Å²) in [5.74, 6) is -0.427. The molecule has 1 aromatic carbocycles. The molecule has 0 saturated heterocycles. The first kappa shape index (κ1) is 14.2. The second-order valence-electron chi connectivity index (χ2n) is 4.66. The molecule has 0 fully saturated rings. The Morgan fingerprint density at radius 1 is 1.19 bits per heavy atom. The second kappa shape index (κ2) is 4.92. The van der Waals surface area contributed by atoms with E-state index in [2.05, 4.69) is 20.9 Å². The van der Waals surface area contributed by atoms with Gasteiger partial charge in [0, 0.05) is 28.7 Å². The zero-order chi connectivity index (χ0) is 15.2. The van der Waals surface area contributed by atoms with Gasteiger partial charge in [-0.05, 0) is 34.1 Å². The Morgan fingerprint density at radius 3 is 2.48 bits per heavy atom. The molecule has 0 atom stereocenters. The number of nitrogens with zero attached hydrogens (tertiary/aromatic N) is 2. The molecule has 2 aromatic heterocycles. The molecule has 2 heterocycles. The second-order valence-corrected chi connectivity index (χ2v) is 7.59. The van der Waals surface area contributed by atoms with Gasteiger partial charge in [0.05, 0.1) is 10.6 Å². The van der Waals surface area contributed by atoms with Gasteiger partial charge in [-0.15, -0.1) is 0 Å². The smallest absolute Gasteiger partial charge is 0.175 e. The number of halogens is 2. The van der Waals surface area contributed by atoms with Crippen LogP contribution in [0.25, 0.3) is 16.9 Å². The molecule has 0 N–H and O–H groups in total. The van der Waals surface area contributed by atoms with Crippen molar-refractivity contribution in [3.8, 4) is 11.3 Å². The van der Waals surface area contributed by atoms with Crippen LogP contribution in [0, 0.1) is 5.82 Å². The van der Waals surface area contributed by atoms with Crippen LogP contribution >= 0.6 is 15.9 Å². The number of hydrogen-bond acceptors (Lipinski definition) is 3. The highest BCUT2D eigenvalue weighted by atomic mass is 79.9. The fraction of sp³-hybridized carbons (Fsp3) is 0.0714. The minimum atomic E-state index is -3.23. The van der Waals surface area contributed by atoms with Crippen LogP contribution in [0.2, 0.25) is 0 Å². The molecule has 21 heavy (non-hydrogen) atoms. The number of pyridine rings is 1. The highest BCUT2D eigenvalue weighted by Gasteiger charge is 2.11. The summed E-state index contributed by atoms with van der Waals surface area (Å²) >= 11 is 3.22. The minimum absolute atomic E-state index is 0.223. The first-order valence-corrected chi connectivity index (χ1v) is 8.67. The van der Waals surface area contributed by atoms with E-state index in [0.717, 1.165) is 11.8 Å². The molecular weight excluding hydrogens is 359 g/mol. The maximum atomic E-state index is 13.8. The third kappa shape index (κ3) is 2.71. The topological polar surface area (TPSA) is 51.4 Å². The van der Waals surface area contributed by atoms with E-state index in [4.69, 9.17) is 0 Å². The van der Waals surface area contributed by atoms with E-state index in [9.17, 15) is 12.8 Å². The molecular formula is C14H10BrFN2O2S. The summed E-state index contributed by atoms with van der Waals surface area (Å²) in [7, 11) is -3.23. The molecule has 0 spiro atoms. The van der Waals surface area contributed by atoms with E-state index >= 15 is 0 Å². The lowest BCUT2D eigenvalue weighted by molar-refractivity contribution is 0.602. The molecule has 3 aromatic rings. The number of hydrogen-bond donors (Lipinski definition) is 0. The van der Waals surface area contributed by atoms with Gasteiger partial charge in [0.1, 0.15) is 0 Å². The molecule has 108 valence electrons. The molecule has 0 aliphatic carbocycles. The molecule has 0 radical (unpaired) electrons. The van der Waals surface area contributed by atoms with E-state index in [0.29, 0.717) is 10.2 Å². The van der Waals surface area contributed by atoms with Crippen molar-refractivity contribution in [2.75, 3.05) is 6.26 Å². The first-order valence-electron chi connectivity index (χ1n) is 5.99. The van der Waals surface area contributed by atoms with Gasteiger partial charge in [0.25, 0.3) is 0 Å². The summed E-state index contributed by atoms with van der Waals surface area (Å²) in [5, 5.41) is 0. The Labute approximate surface area is 129 Å². The molecule has 0 aliphatic heterocycles. The van der Waals surface area contributed by atoms with Crippen LogP contribution in [0.15, 0.2) is 52.1 Å². The maximum absolute atomic E-state index is 13.8. The van der Waals surface area contributed by atoms with E-state index in [1.165, 1.54) is 18.2 Å². The zero-order valence-electron chi connectivity index (χ0n) is 10.9. The highest BCUT2D eigenvalue weighted by Crippen LogP contribution is 2.23. The van der Waals surface area contributed by atoms with Crippen LogP contribution in [0.3, 0.4) is 0 Å². The Kier molecular flexibility index (Phi) is 3.33. The predicted octanol–water partition coefficient (Wildman–Crippen LogP) is 3.31. The van der Waals surface area contributed by atoms with Gasteiger partial charge in [-0.2, -0.15) is 0 Å². The fourth-order valence-corrected chi connectivity index (χ4v) is 3.09. The van der Waals surface area contributed by atoms with Crippen LogP contribution < -0.4 is 0 Å². The van der Waals surface area contributed by atoms with Gasteiger partial charge in [-0.3, -0.25) is 0 Å². The van der Waals surface area contributed by atoms with Crippen molar-refractivity contribution in [1.82, 2.24) is 9.38 Å². The van der Waals surface area contributed by atoms with Gasteiger partial charge in [0.15, 0.2) is 21.3 Å². The van der Waals surface area contributed by atoms with Crippen molar-refractivity contribution in [2.45, 2.75) is 4.90 Å². The predicted molar refractivity (Wildman–Crippen MR) is 81.4 cm³/mol. The van der Waals surface area contributed by atoms with Crippen LogP contribution in [-0.2, 0) is 9.84 Å². The Morgan fingerprint density at radius 2 is 1.86 bits per heavy atom. The zero-order valence-corrected chi connectivity index (χ0v) is 13.3. The summed E-state index contributed by atoms with van der Waals surface area (Å²) in [4.78, 5) is 4.47. The summed E-state index contributed by atoms with van der Waals surface area (Å²) in [6.45, 7) is 0. The van der Waals surface area contributed by atoms with Gasteiger partial charge in [-0.1, -0.05) is 12.1 Å². The van der Waals surface area contributed by atoms with Crippen LogP contribution in [-0.4, -0.2) is 24.1 Å². The van der Waals surface area contributed by atoms with Gasteiger partial charge in [-0.25, -0.2) is 17.8 Å². The average molecular weight is 369 g/mol. The Balaban J connectivity index is 2.10. The average Bonchev–Trinajstić information content (AvgIpc) is 2.82. The molecule has 4 nitrogen and oxygen atoms in total. The SMILES string of the molecule is CS(=O)(=O)c1ccc(-c2cn3cc(Br)cc(F)c3n2)cc1. The molecule has 0 amide bonds. The number of imidazole rings is 1. The molecule has 0 unspecified atom stereocenters. The fourth-order valence-electron chi connectivity index (χ4n) is 2.04. The van der Waals surface area contributed by atoms with Gasteiger partial charge >= 0.3 is 0 Å². The van der Waals surface area contributed by atoms with Crippen molar-refractivity contribution in [1.29, 1.82) is 0 Å². The summed E-state index contributed by atoms with van der Waals surface area (Å²) in [6.07, 6.45) is 4.55. The van der Waals surface area contributed by atoms with Crippen LogP contribution in [0.1, 0.15) is 0 Å². The van der Waals surface area contributed by atoms with Crippen LogP contribution in [0.5, 0.6) is 0 Å². The number of rotatable bonds is 2. The van der Waals surface area contributed by atoms with Gasteiger partial charge < -0.3 is 4.40 Å². The summed E-state index contributed by atoms with van der Waals surface area (Å²) < 4.78 is 38.9. The lowest BCUT2D eigenvalue weighted by Crippen LogP contribution is -1.96. The molecule has 0 bridgehead atoms. The number of fused-ring (bicyclic) bond motifs is 1. The lowest BCUT2D eigenvalue weighted by atomic mass is 10.2. The molecule has 3 rings (SSSR count). The molecule has 0 saturated carbocycles. The third-order valence-corrected chi connectivity index (χ3v) is 4.61. The number of aromatic nitrogens is 2. The molecule has 0 aliphatic rings. The third-order valence-electron chi connectivity index (χ3n) is 3.05. The summed E-state index contributed by atoms with van der Waals surface area (Å²) in [6, 6.07) is 7.69. The van der Waals surface area contributed by atoms with E-state index in [-0.39, 0.29) is 10.5 Å². The monoisotopic (exact) mass is 368 g/mol. The number of sulfone groups is 1. The quantitative estimate of drug-likeness (QED) is 0.697. The summed E-state index contributed by atoms with van der Waals surface area (Å²) in [5.41, 5.74) is 1.52. The Bertz CT molecular complexity index is 934. The maximum Gasteiger partial charge on any atom is 0.175 e. The lowest BCUT2D eigenvalue weighted by Gasteiger charge is -1.99. The highest BCUT2D eigenvalue weighted by molar-refractivity contribution is 9.10. The van der Waals surface area contributed by atoms with E-state index in [1.807, 2.05) is 0 Å². The van der Waals surface area contributed by atoms with Crippen molar-refractivity contribution in [2.24, 2.45) is 0 Å². The van der Waals surface area contributed by atoms with Crippen molar-refractivity contribution < 1.29 is 12.8 Å². The first-order chi connectivity index (χ1) is 9.84. The van der Waals surface area contributed by atoms with Crippen molar-refractivity contribution in [3.05, 3.63) is 53.0 Å². The normalized spacial score (nSPS) is 12.0. The van der Waals surface area contributed by atoms with Gasteiger partial charge in [0.2, 0.25) is 0 Å². The van der Waals surface area contributed by atoms with E-state index in [1.54, 1.807) is 28.9 Å². The standard InChI is InChI=1S/C14H10BrFN2O2S/c1-21(19,20)11-4-2-9(3-5-11)13-8-18-7-10(15)6-12(16)14(18)17-13/h2-8H,1H3. The van der Waals surface area contributed by atoms with Crippen molar-refractivity contribution in [3.63, 3.8) is 0 Å². The van der Waals surface area contributed by atoms with E-state index < -0.39 is 15.7 Å². The largest absolute Gasteiger partial charge is 0.303 e. The number of benzene rings is 1. The van der Waals surface area contributed by atoms with Crippen LogP contribution in [0.4, 0.5) is 4.39 Å². The molecule has 7 heteroatoms.